The number of aliphatic hydroxyl groups excluding tert-OH is 3. The van der Waals surface area contributed by atoms with Gasteiger partial charge in [0.05, 0.1) is 24.9 Å². The molecule has 0 radical (unpaired) electrons. The van der Waals surface area contributed by atoms with E-state index < -0.39 is 67.0 Å². The van der Waals surface area contributed by atoms with E-state index in [-0.39, 0.29) is 17.9 Å². The van der Waals surface area contributed by atoms with Crippen molar-refractivity contribution in [2.45, 2.75) is 62.9 Å². The molecular weight excluding hydrogens is 568 g/mol. The average Bonchev–Trinajstić information content (AvgIpc) is 2.96. The summed E-state index contributed by atoms with van der Waals surface area (Å²) >= 11 is 1.64. The second kappa shape index (κ2) is 15.3. The van der Waals surface area contributed by atoms with Gasteiger partial charge in [-0.2, -0.15) is 11.8 Å². The molecule has 42 heavy (non-hydrogen) atoms. The largest absolute Gasteiger partial charge is 0.508 e. The fraction of sp³-hybridized carbons (Fsp3) is 0.483. The lowest BCUT2D eigenvalue weighted by Gasteiger charge is -2.46. The van der Waals surface area contributed by atoms with E-state index in [9.17, 15) is 39.9 Å². The van der Waals surface area contributed by atoms with Gasteiger partial charge in [0, 0.05) is 25.5 Å². The van der Waals surface area contributed by atoms with Gasteiger partial charge in [-0.25, -0.2) is 4.79 Å². The van der Waals surface area contributed by atoms with Crippen LogP contribution in [0.25, 0.3) is 11.1 Å². The monoisotopic (exact) mass is 606 g/mol. The number of phenolic OH excluding ortho intramolecular Hbond substituents is 1. The molecule has 1 aliphatic heterocycles. The summed E-state index contributed by atoms with van der Waals surface area (Å²) in [5.41, 5.74) is 1.93. The molecule has 2 amide bonds. The molecule has 3 rings (SSSR count). The molecule has 2 aromatic rings. The van der Waals surface area contributed by atoms with Gasteiger partial charge >= 0.3 is 5.97 Å². The van der Waals surface area contributed by atoms with E-state index >= 15 is 0 Å². The summed E-state index contributed by atoms with van der Waals surface area (Å²) in [4.78, 5) is 36.8. The highest BCUT2D eigenvalue weighted by atomic mass is 32.2. The van der Waals surface area contributed by atoms with Crippen molar-refractivity contribution < 1.29 is 49.4 Å². The highest BCUT2D eigenvalue weighted by Gasteiger charge is 2.55. The number of hydrogen-bond acceptors (Lipinski definition) is 10. The molecular formula is C29H38N2O10S. The standard InChI is InChI=1S/C29H38N2O10S/c1-3-42-14-4-13-40-29(28(38)39)15-22(34)24(31-17(2)32)26(41-29)25(36)23(35)16-30-27(37)20-7-5-18(6-8-20)19-9-11-21(33)12-10-19/h5-12,22-26,33-36H,3-4,13-16H2,1-2H3,(H,30,37)(H,31,32)(H,38,39)/t22?,23-,24-,25-,26-,29-/m1/s1. The molecule has 12 nitrogen and oxygen atoms in total. The molecule has 13 heteroatoms. The zero-order chi connectivity index (χ0) is 30.9. The number of carboxylic acids is 1. The summed E-state index contributed by atoms with van der Waals surface area (Å²) in [6.45, 7) is 2.73. The third-order valence-electron chi connectivity index (χ3n) is 6.79. The smallest absolute Gasteiger partial charge is 0.364 e. The van der Waals surface area contributed by atoms with Crippen LogP contribution in [-0.2, 0) is 19.1 Å². The molecule has 7 N–H and O–H groups in total. The number of aliphatic hydroxyl groups is 3. The van der Waals surface area contributed by atoms with Crippen LogP contribution >= 0.6 is 11.8 Å². The Hall–Kier alpha value is -3.20. The number of thioether (sulfide) groups is 1. The number of hydrogen-bond donors (Lipinski definition) is 7. The van der Waals surface area contributed by atoms with E-state index in [4.69, 9.17) is 9.47 Å². The Labute approximate surface area is 248 Å². The van der Waals surface area contributed by atoms with Gasteiger partial charge in [-0.15, -0.1) is 0 Å². The van der Waals surface area contributed by atoms with Gasteiger partial charge < -0.3 is 45.6 Å². The average molecular weight is 607 g/mol. The highest BCUT2D eigenvalue weighted by molar-refractivity contribution is 7.99. The molecule has 0 spiro atoms. The Morgan fingerprint density at radius 1 is 1.10 bits per heavy atom. The Kier molecular flexibility index (Phi) is 12.2. The zero-order valence-electron chi connectivity index (χ0n) is 23.4. The Bertz CT molecular complexity index is 1200. The molecule has 1 fully saturated rings. The van der Waals surface area contributed by atoms with Gasteiger partial charge in [-0.3, -0.25) is 9.59 Å². The molecule has 230 valence electrons. The minimum atomic E-state index is -2.32. The summed E-state index contributed by atoms with van der Waals surface area (Å²) in [5, 5.41) is 56.9. The number of nitrogens with one attached hydrogen (secondary N) is 2. The third kappa shape index (κ3) is 8.66. The van der Waals surface area contributed by atoms with Gasteiger partial charge in [0.15, 0.2) is 0 Å². The van der Waals surface area contributed by atoms with Crippen molar-refractivity contribution >= 4 is 29.5 Å². The number of benzene rings is 2. The molecule has 2 aromatic carbocycles. The fourth-order valence-electron chi connectivity index (χ4n) is 4.60. The first kappa shape index (κ1) is 33.3. The number of carbonyl (C=O) groups excluding carboxylic acids is 2. The second-order valence-electron chi connectivity index (χ2n) is 9.93. The minimum Gasteiger partial charge on any atom is -0.508 e. The Morgan fingerprint density at radius 2 is 1.71 bits per heavy atom. The van der Waals surface area contributed by atoms with Crippen LogP contribution in [0.3, 0.4) is 0 Å². The number of carboxylic acid groups (broad SMARTS) is 1. The summed E-state index contributed by atoms with van der Waals surface area (Å²) in [7, 11) is 0. The van der Waals surface area contributed by atoms with Crippen LogP contribution < -0.4 is 10.6 Å². The van der Waals surface area contributed by atoms with Crippen LogP contribution in [0.1, 0.15) is 37.0 Å². The second-order valence-corrected chi connectivity index (χ2v) is 11.3. The predicted octanol–water partition coefficient (Wildman–Crippen LogP) is 1.11. The number of phenols is 1. The molecule has 1 heterocycles. The van der Waals surface area contributed by atoms with E-state index in [0.29, 0.717) is 12.2 Å². The number of carbonyl (C=O) groups is 3. The first-order valence-corrected chi connectivity index (χ1v) is 14.7. The maximum Gasteiger partial charge on any atom is 0.364 e. The number of rotatable bonds is 14. The molecule has 6 atom stereocenters. The molecule has 1 aliphatic rings. The van der Waals surface area contributed by atoms with Crippen LogP contribution in [0.4, 0.5) is 0 Å². The fourth-order valence-corrected chi connectivity index (χ4v) is 5.21. The lowest BCUT2D eigenvalue weighted by molar-refractivity contribution is -0.310. The van der Waals surface area contributed by atoms with Crippen LogP contribution in [-0.4, -0.2) is 104 Å². The molecule has 1 saturated heterocycles. The molecule has 0 aromatic heterocycles. The number of amides is 2. The number of aliphatic carboxylic acids is 1. The molecule has 0 aliphatic carbocycles. The highest BCUT2D eigenvalue weighted by Crippen LogP contribution is 2.34. The number of ether oxygens (including phenoxy) is 2. The Balaban J connectivity index is 1.68. The van der Waals surface area contributed by atoms with E-state index in [1.165, 1.54) is 6.92 Å². The normalized spacial score (nSPS) is 23.5. The maximum atomic E-state index is 12.7. The van der Waals surface area contributed by atoms with Gasteiger partial charge in [0.25, 0.3) is 11.7 Å². The maximum absolute atomic E-state index is 12.7. The van der Waals surface area contributed by atoms with E-state index in [2.05, 4.69) is 10.6 Å². The van der Waals surface area contributed by atoms with Crippen molar-refractivity contribution in [1.82, 2.24) is 10.6 Å². The van der Waals surface area contributed by atoms with Crippen molar-refractivity contribution in [2.24, 2.45) is 0 Å². The van der Waals surface area contributed by atoms with Crippen molar-refractivity contribution in [1.29, 1.82) is 0 Å². The van der Waals surface area contributed by atoms with Crippen LogP contribution in [0.15, 0.2) is 48.5 Å². The quantitative estimate of drug-likeness (QED) is 0.152. The summed E-state index contributed by atoms with van der Waals surface area (Å²) < 4.78 is 11.3. The van der Waals surface area contributed by atoms with Crippen molar-refractivity contribution in [3.8, 4) is 16.9 Å². The van der Waals surface area contributed by atoms with Crippen LogP contribution in [0.2, 0.25) is 0 Å². The number of aromatic hydroxyl groups is 1. The summed E-state index contributed by atoms with van der Waals surface area (Å²) in [6, 6.07) is 11.9. The van der Waals surface area contributed by atoms with E-state index in [1.54, 1.807) is 60.3 Å². The molecule has 1 unspecified atom stereocenters. The zero-order valence-corrected chi connectivity index (χ0v) is 24.3. The van der Waals surface area contributed by atoms with Crippen molar-refractivity contribution in [2.75, 3.05) is 24.7 Å². The minimum absolute atomic E-state index is 0.00375. The SMILES string of the molecule is CCSCCCO[C@]1(C(=O)O)CC(O)[C@@H](NC(C)=O)[C@H]([C@H](O)[C@H](O)CNC(=O)c2ccc(-c3ccc(O)cc3)cc2)O1. The molecule has 0 bridgehead atoms. The predicted molar refractivity (Wildman–Crippen MR) is 155 cm³/mol. The van der Waals surface area contributed by atoms with E-state index in [0.717, 1.165) is 16.9 Å². The first-order valence-electron chi connectivity index (χ1n) is 13.6. The lowest BCUT2D eigenvalue weighted by atomic mass is 9.88. The van der Waals surface area contributed by atoms with Crippen LogP contribution in [0, 0.1) is 0 Å². The molecule has 0 saturated carbocycles. The van der Waals surface area contributed by atoms with Gasteiger partial charge in [0.1, 0.15) is 18.0 Å². The first-order chi connectivity index (χ1) is 20.0. The summed E-state index contributed by atoms with van der Waals surface area (Å²) in [5.74, 6) is -3.23. The Morgan fingerprint density at radius 3 is 2.29 bits per heavy atom. The van der Waals surface area contributed by atoms with Gasteiger partial charge in [-0.1, -0.05) is 31.2 Å². The van der Waals surface area contributed by atoms with Crippen molar-refractivity contribution in [3.63, 3.8) is 0 Å². The van der Waals surface area contributed by atoms with E-state index in [1.807, 2.05) is 6.92 Å². The van der Waals surface area contributed by atoms with Crippen LogP contribution in [0.5, 0.6) is 5.75 Å². The summed E-state index contributed by atoms with van der Waals surface area (Å²) in [6.07, 6.45) is -6.58. The topological polar surface area (TPSA) is 195 Å². The lowest BCUT2D eigenvalue weighted by Crippen LogP contribution is -2.68. The van der Waals surface area contributed by atoms with Gasteiger partial charge in [0.2, 0.25) is 5.91 Å². The third-order valence-corrected chi connectivity index (χ3v) is 7.78. The van der Waals surface area contributed by atoms with Crippen molar-refractivity contribution in [3.05, 3.63) is 54.1 Å². The van der Waals surface area contributed by atoms with Gasteiger partial charge in [-0.05, 0) is 53.3 Å².